The number of hydrogen-bond donors (Lipinski definition) is 0. The smallest absolute Gasteiger partial charge is 0.416 e. The van der Waals surface area contributed by atoms with Crippen LogP contribution in [0.3, 0.4) is 0 Å². The van der Waals surface area contributed by atoms with E-state index in [9.17, 15) is 18.0 Å². The van der Waals surface area contributed by atoms with Crippen molar-refractivity contribution >= 4 is 11.6 Å². The van der Waals surface area contributed by atoms with E-state index in [4.69, 9.17) is 4.74 Å². The normalized spacial score (nSPS) is 20.4. The van der Waals surface area contributed by atoms with Crippen LogP contribution >= 0.6 is 0 Å². The van der Waals surface area contributed by atoms with Crippen molar-refractivity contribution in [3.63, 3.8) is 0 Å². The molecule has 0 aromatic heterocycles. The molecule has 0 N–H and O–H groups in total. The minimum absolute atomic E-state index is 0.134. The number of nitrogens with zero attached hydrogens (tertiary/aromatic N) is 1. The summed E-state index contributed by atoms with van der Waals surface area (Å²) < 4.78 is 46.3. The maximum absolute atomic E-state index is 13.4. The van der Waals surface area contributed by atoms with Crippen molar-refractivity contribution in [1.29, 1.82) is 0 Å². The lowest BCUT2D eigenvalue weighted by Crippen LogP contribution is -2.28. The molecule has 0 saturated carbocycles. The maximum Gasteiger partial charge on any atom is 0.416 e. The number of rotatable bonds is 1. The SMILES string of the molecule is O=C1C[C@H](c2ccccc2)C2c3cc(C(F)(F)F)ccc3Oc3ccccc3N12. The molecule has 6 heteroatoms. The number of para-hydroxylation sites is 2. The van der Waals surface area contributed by atoms with E-state index in [1.807, 2.05) is 30.3 Å². The zero-order chi connectivity index (χ0) is 20.2. The Morgan fingerprint density at radius 2 is 1.62 bits per heavy atom. The number of ether oxygens (including phenoxy) is 1. The molecular formula is C23H16F3NO2. The number of amides is 1. The molecule has 3 nitrogen and oxygen atoms in total. The largest absolute Gasteiger partial charge is 0.455 e. The second-order valence-corrected chi connectivity index (χ2v) is 7.25. The topological polar surface area (TPSA) is 29.5 Å². The number of fused-ring (bicyclic) bond motifs is 5. The molecule has 2 aliphatic heterocycles. The Morgan fingerprint density at radius 1 is 0.897 bits per heavy atom. The number of benzene rings is 3. The second kappa shape index (κ2) is 6.37. The van der Waals surface area contributed by atoms with Crippen LogP contribution in [0.2, 0.25) is 0 Å². The summed E-state index contributed by atoms with van der Waals surface area (Å²) in [6.07, 6.45) is -4.26. The summed E-state index contributed by atoms with van der Waals surface area (Å²) >= 11 is 0. The third-order valence-corrected chi connectivity index (χ3v) is 5.55. The van der Waals surface area contributed by atoms with E-state index in [0.717, 1.165) is 17.7 Å². The molecule has 146 valence electrons. The van der Waals surface area contributed by atoms with Crippen LogP contribution in [-0.4, -0.2) is 5.91 Å². The Kier molecular flexibility index (Phi) is 3.91. The highest BCUT2D eigenvalue weighted by Gasteiger charge is 2.46. The minimum atomic E-state index is -4.48. The van der Waals surface area contributed by atoms with Gasteiger partial charge in [0.2, 0.25) is 5.91 Å². The fraction of sp³-hybridized carbons (Fsp3) is 0.174. The average Bonchev–Trinajstić information content (AvgIpc) is 2.97. The van der Waals surface area contributed by atoms with Crippen molar-refractivity contribution in [3.05, 3.63) is 89.5 Å². The number of hydrogen-bond acceptors (Lipinski definition) is 2. The second-order valence-electron chi connectivity index (χ2n) is 7.25. The van der Waals surface area contributed by atoms with E-state index in [0.29, 0.717) is 22.7 Å². The van der Waals surface area contributed by atoms with E-state index < -0.39 is 17.8 Å². The minimum Gasteiger partial charge on any atom is -0.455 e. The van der Waals surface area contributed by atoms with E-state index >= 15 is 0 Å². The van der Waals surface area contributed by atoms with Gasteiger partial charge in [-0.1, -0.05) is 42.5 Å². The Bertz CT molecular complexity index is 1090. The van der Waals surface area contributed by atoms with Gasteiger partial charge in [0.25, 0.3) is 0 Å². The third kappa shape index (κ3) is 2.87. The zero-order valence-electron chi connectivity index (χ0n) is 15.2. The van der Waals surface area contributed by atoms with Gasteiger partial charge in [-0.05, 0) is 35.9 Å². The highest BCUT2D eigenvalue weighted by molar-refractivity contribution is 5.99. The first kappa shape index (κ1) is 17.8. The molecule has 1 amide bonds. The van der Waals surface area contributed by atoms with Gasteiger partial charge in [-0.3, -0.25) is 4.79 Å². The molecule has 0 spiro atoms. The molecule has 2 aliphatic rings. The van der Waals surface area contributed by atoms with Crippen molar-refractivity contribution in [3.8, 4) is 11.5 Å². The molecule has 2 atom stereocenters. The number of carbonyl (C=O) groups is 1. The van der Waals surface area contributed by atoms with Crippen LogP contribution in [-0.2, 0) is 11.0 Å². The Balaban J connectivity index is 1.76. The third-order valence-electron chi connectivity index (χ3n) is 5.55. The van der Waals surface area contributed by atoms with Crippen LogP contribution in [0.15, 0.2) is 72.8 Å². The standard InChI is InChI=1S/C23H16F3NO2/c24-23(25,26)15-10-11-19-17(12-15)22-16(14-6-2-1-3-7-14)13-21(28)27(22)18-8-4-5-9-20(18)29-19/h1-12,16,22H,13H2/t16-,22?/m1/s1. The lowest BCUT2D eigenvalue weighted by Gasteiger charge is -2.28. The summed E-state index contributed by atoms with van der Waals surface area (Å²) in [5.74, 6) is 0.387. The van der Waals surface area contributed by atoms with Crippen LogP contribution in [0, 0.1) is 0 Å². The van der Waals surface area contributed by atoms with Crippen LogP contribution in [0.25, 0.3) is 0 Å². The first-order chi connectivity index (χ1) is 13.9. The molecule has 5 rings (SSSR count). The Hall–Kier alpha value is -3.28. The first-order valence-electron chi connectivity index (χ1n) is 9.28. The van der Waals surface area contributed by atoms with Gasteiger partial charge in [0, 0.05) is 17.9 Å². The zero-order valence-corrected chi connectivity index (χ0v) is 15.2. The van der Waals surface area contributed by atoms with Crippen molar-refractivity contribution < 1.29 is 22.7 Å². The molecule has 3 aromatic carbocycles. The predicted molar refractivity (Wildman–Crippen MR) is 102 cm³/mol. The summed E-state index contributed by atoms with van der Waals surface area (Å²) in [5.41, 5.74) is 1.11. The van der Waals surface area contributed by atoms with Gasteiger partial charge in [0.05, 0.1) is 17.3 Å². The van der Waals surface area contributed by atoms with Gasteiger partial charge >= 0.3 is 6.18 Å². The maximum atomic E-state index is 13.4. The van der Waals surface area contributed by atoms with Gasteiger partial charge in [0.15, 0.2) is 5.75 Å². The quantitative estimate of drug-likeness (QED) is 0.500. The fourth-order valence-corrected chi connectivity index (χ4v) is 4.28. The molecule has 1 unspecified atom stereocenters. The Labute approximate surface area is 165 Å². The van der Waals surface area contributed by atoms with Crippen molar-refractivity contribution in [2.45, 2.75) is 24.6 Å². The first-order valence-corrected chi connectivity index (χ1v) is 9.28. The number of carbonyl (C=O) groups excluding carboxylic acids is 1. The van der Waals surface area contributed by atoms with Crippen molar-refractivity contribution in [1.82, 2.24) is 0 Å². The lowest BCUT2D eigenvalue weighted by atomic mass is 9.86. The molecule has 2 heterocycles. The fourth-order valence-electron chi connectivity index (χ4n) is 4.28. The molecule has 29 heavy (non-hydrogen) atoms. The van der Waals surface area contributed by atoms with Crippen LogP contribution in [0.5, 0.6) is 11.5 Å². The molecule has 1 saturated heterocycles. The van der Waals surface area contributed by atoms with Crippen molar-refractivity contribution in [2.24, 2.45) is 0 Å². The summed E-state index contributed by atoms with van der Waals surface area (Å²) in [7, 11) is 0. The molecule has 0 radical (unpaired) electrons. The number of anilines is 1. The van der Waals surface area contributed by atoms with Crippen LogP contribution < -0.4 is 9.64 Å². The molecule has 0 bridgehead atoms. The van der Waals surface area contributed by atoms with Gasteiger partial charge < -0.3 is 9.64 Å². The summed E-state index contributed by atoms with van der Waals surface area (Å²) in [6, 6.07) is 19.4. The van der Waals surface area contributed by atoms with Crippen molar-refractivity contribution in [2.75, 3.05) is 4.90 Å². The molecular weight excluding hydrogens is 379 g/mol. The number of alkyl halides is 3. The molecule has 0 aliphatic carbocycles. The van der Waals surface area contributed by atoms with E-state index in [2.05, 4.69) is 0 Å². The highest BCUT2D eigenvalue weighted by Crippen LogP contribution is 2.54. The molecule has 1 fully saturated rings. The summed E-state index contributed by atoms with van der Waals surface area (Å²) in [5, 5.41) is 0. The van der Waals surface area contributed by atoms with Gasteiger partial charge in [-0.25, -0.2) is 0 Å². The van der Waals surface area contributed by atoms with Crippen LogP contribution in [0.4, 0.5) is 18.9 Å². The van der Waals surface area contributed by atoms with E-state index in [1.54, 1.807) is 29.2 Å². The van der Waals surface area contributed by atoms with Gasteiger partial charge in [-0.2, -0.15) is 13.2 Å². The average molecular weight is 395 g/mol. The predicted octanol–water partition coefficient (Wildman–Crippen LogP) is 6.07. The highest BCUT2D eigenvalue weighted by atomic mass is 19.4. The van der Waals surface area contributed by atoms with Gasteiger partial charge in [-0.15, -0.1) is 0 Å². The monoisotopic (exact) mass is 395 g/mol. The summed E-state index contributed by atoms with van der Waals surface area (Å²) in [4.78, 5) is 14.6. The van der Waals surface area contributed by atoms with E-state index in [1.165, 1.54) is 6.07 Å². The molecule has 3 aromatic rings. The lowest BCUT2D eigenvalue weighted by molar-refractivity contribution is -0.137. The van der Waals surface area contributed by atoms with Crippen LogP contribution in [0.1, 0.15) is 35.1 Å². The summed E-state index contributed by atoms with van der Waals surface area (Å²) in [6.45, 7) is 0. The Morgan fingerprint density at radius 3 is 2.38 bits per heavy atom. The van der Waals surface area contributed by atoms with E-state index in [-0.39, 0.29) is 18.2 Å². The van der Waals surface area contributed by atoms with Gasteiger partial charge in [0.1, 0.15) is 5.75 Å². The number of halogens is 3.